The summed E-state index contributed by atoms with van der Waals surface area (Å²) in [6, 6.07) is 12.0. The van der Waals surface area contributed by atoms with Gasteiger partial charge in [0.25, 0.3) is 5.69 Å². The summed E-state index contributed by atoms with van der Waals surface area (Å²) in [6.07, 6.45) is 3.61. The summed E-state index contributed by atoms with van der Waals surface area (Å²) in [6.45, 7) is 2.07. The van der Waals surface area contributed by atoms with E-state index in [0.717, 1.165) is 37.5 Å². The van der Waals surface area contributed by atoms with Crippen molar-refractivity contribution >= 4 is 34.5 Å². The molecule has 1 aliphatic carbocycles. The zero-order valence-corrected chi connectivity index (χ0v) is 16.1. The molecule has 0 atom stereocenters. The summed E-state index contributed by atoms with van der Waals surface area (Å²) in [4.78, 5) is 21.9. The van der Waals surface area contributed by atoms with E-state index >= 15 is 0 Å². The molecule has 0 saturated heterocycles. The minimum Gasteiger partial charge on any atom is -0.272 e. The minimum absolute atomic E-state index is 0.152. The molecule has 0 amide bonds. The largest absolute Gasteiger partial charge is 0.301 e. The van der Waals surface area contributed by atoms with Crippen LogP contribution >= 0.6 is 11.8 Å². The Hall–Kier alpha value is -2.94. The van der Waals surface area contributed by atoms with Gasteiger partial charge in [-0.15, -0.1) is 11.8 Å². The van der Waals surface area contributed by atoms with Gasteiger partial charge in [0.1, 0.15) is 5.69 Å². The highest BCUT2D eigenvalue weighted by Crippen LogP contribution is 2.33. The lowest BCUT2D eigenvalue weighted by molar-refractivity contribution is -0.393. The van der Waals surface area contributed by atoms with Crippen molar-refractivity contribution in [2.75, 3.05) is 5.43 Å². The Morgan fingerprint density at radius 2 is 1.71 bits per heavy atom. The monoisotopic (exact) mass is 400 g/mol. The standard InChI is InChI=1S/C19H20N4O4S/c1-13-2-7-16(8-3-13)28-17-9-4-14(5-10-17)20-21-18-11-6-15(22(24)25)12-19(18)23(26)27/h2-3,6-8,11-12,17,21H,4-5,9-10H2,1H3. The molecule has 0 aromatic heterocycles. The molecule has 2 aromatic carbocycles. The van der Waals surface area contributed by atoms with Gasteiger partial charge in [0.2, 0.25) is 0 Å². The van der Waals surface area contributed by atoms with Crippen LogP contribution in [0.3, 0.4) is 0 Å². The van der Waals surface area contributed by atoms with E-state index in [1.54, 1.807) is 0 Å². The Bertz CT molecular complexity index is 905. The molecule has 0 spiro atoms. The van der Waals surface area contributed by atoms with E-state index in [0.29, 0.717) is 5.25 Å². The fourth-order valence-electron chi connectivity index (χ4n) is 2.98. The Labute approximate surface area is 166 Å². The molecule has 2 aromatic rings. The van der Waals surface area contributed by atoms with Gasteiger partial charge < -0.3 is 0 Å². The Balaban J connectivity index is 1.60. The highest BCUT2D eigenvalue weighted by molar-refractivity contribution is 8.00. The maximum Gasteiger partial charge on any atom is 0.301 e. The van der Waals surface area contributed by atoms with E-state index in [4.69, 9.17) is 0 Å². The van der Waals surface area contributed by atoms with Gasteiger partial charge >= 0.3 is 5.69 Å². The highest BCUT2D eigenvalue weighted by Gasteiger charge is 2.21. The number of hydrogen-bond donors (Lipinski definition) is 1. The molecule has 0 unspecified atom stereocenters. The van der Waals surface area contributed by atoms with Crippen molar-refractivity contribution < 1.29 is 9.85 Å². The first-order valence-electron chi connectivity index (χ1n) is 8.90. The van der Waals surface area contributed by atoms with Crippen LogP contribution in [0.2, 0.25) is 0 Å². The first-order valence-corrected chi connectivity index (χ1v) is 9.78. The van der Waals surface area contributed by atoms with E-state index < -0.39 is 9.85 Å². The summed E-state index contributed by atoms with van der Waals surface area (Å²) >= 11 is 1.87. The van der Waals surface area contributed by atoms with Crippen molar-refractivity contribution in [1.82, 2.24) is 0 Å². The van der Waals surface area contributed by atoms with Crippen LogP contribution in [0.15, 0.2) is 52.5 Å². The van der Waals surface area contributed by atoms with Crippen LogP contribution < -0.4 is 5.43 Å². The Morgan fingerprint density at radius 1 is 1.04 bits per heavy atom. The van der Waals surface area contributed by atoms with Crippen molar-refractivity contribution in [2.45, 2.75) is 42.8 Å². The molecule has 0 aliphatic heterocycles. The lowest BCUT2D eigenvalue weighted by Crippen LogP contribution is -2.17. The third-order valence-electron chi connectivity index (χ3n) is 4.56. The van der Waals surface area contributed by atoms with Gasteiger partial charge in [-0.2, -0.15) is 5.10 Å². The molecule has 1 aliphatic rings. The lowest BCUT2D eigenvalue weighted by Gasteiger charge is -2.22. The second kappa shape index (κ2) is 8.83. The van der Waals surface area contributed by atoms with E-state index in [9.17, 15) is 20.2 Å². The highest BCUT2D eigenvalue weighted by atomic mass is 32.2. The number of benzene rings is 2. The molecule has 0 bridgehead atoms. The normalized spacial score (nSPS) is 16.5. The topological polar surface area (TPSA) is 111 Å². The Kier molecular flexibility index (Phi) is 6.25. The maximum absolute atomic E-state index is 11.2. The predicted molar refractivity (Wildman–Crippen MR) is 110 cm³/mol. The number of nitro groups is 2. The van der Waals surface area contributed by atoms with Crippen LogP contribution in [0.1, 0.15) is 31.2 Å². The molecule has 1 saturated carbocycles. The van der Waals surface area contributed by atoms with Gasteiger partial charge in [0.05, 0.1) is 15.9 Å². The molecular weight excluding hydrogens is 380 g/mol. The molecule has 0 heterocycles. The summed E-state index contributed by atoms with van der Waals surface area (Å²) in [7, 11) is 0. The van der Waals surface area contributed by atoms with Gasteiger partial charge in [-0.25, -0.2) is 0 Å². The number of non-ortho nitro benzene ring substituents is 1. The zero-order chi connectivity index (χ0) is 20.1. The number of thioether (sulfide) groups is 1. The van der Waals surface area contributed by atoms with Crippen LogP contribution in [0.5, 0.6) is 0 Å². The first-order chi connectivity index (χ1) is 13.4. The van der Waals surface area contributed by atoms with Gasteiger partial charge in [-0.05, 0) is 50.8 Å². The molecule has 8 nitrogen and oxygen atoms in total. The second-order valence-electron chi connectivity index (χ2n) is 6.64. The van der Waals surface area contributed by atoms with Gasteiger partial charge in [-0.1, -0.05) is 17.7 Å². The molecular formula is C19H20N4O4S. The number of rotatable bonds is 6. The molecule has 146 valence electrons. The van der Waals surface area contributed by atoms with Gasteiger partial charge in [-0.3, -0.25) is 25.7 Å². The summed E-state index contributed by atoms with van der Waals surface area (Å²) in [5, 5.41) is 26.8. The second-order valence-corrected chi connectivity index (χ2v) is 8.01. The van der Waals surface area contributed by atoms with Crippen molar-refractivity contribution in [3.63, 3.8) is 0 Å². The molecule has 1 N–H and O–H groups in total. The van der Waals surface area contributed by atoms with E-state index in [1.807, 2.05) is 11.8 Å². The quantitative estimate of drug-likeness (QED) is 0.519. The average Bonchev–Trinajstić information content (AvgIpc) is 2.69. The van der Waals surface area contributed by atoms with Crippen LogP contribution in [0.25, 0.3) is 0 Å². The number of aryl methyl sites for hydroxylation is 1. The number of anilines is 1. The minimum atomic E-state index is -0.657. The summed E-state index contributed by atoms with van der Waals surface area (Å²) in [5.74, 6) is 0. The zero-order valence-electron chi connectivity index (χ0n) is 15.3. The van der Waals surface area contributed by atoms with E-state index in [2.05, 4.69) is 41.7 Å². The fraction of sp³-hybridized carbons (Fsp3) is 0.316. The number of hydrazone groups is 1. The Morgan fingerprint density at radius 3 is 2.32 bits per heavy atom. The van der Waals surface area contributed by atoms with Gasteiger partial charge in [0, 0.05) is 21.9 Å². The number of nitrogens with zero attached hydrogens (tertiary/aromatic N) is 3. The fourth-order valence-corrected chi connectivity index (χ4v) is 4.13. The number of nitro benzene ring substituents is 2. The summed E-state index contributed by atoms with van der Waals surface area (Å²) in [5.41, 5.74) is 4.39. The molecule has 1 fully saturated rings. The SMILES string of the molecule is Cc1ccc(SC2CCC(=NNc3ccc([N+](=O)[O-])cc3[N+](=O)[O-])CC2)cc1. The third-order valence-corrected chi connectivity index (χ3v) is 5.91. The third kappa shape index (κ3) is 5.07. The van der Waals surface area contributed by atoms with Crippen LogP contribution in [0.4, 0.5) is 17.1 Å². The van der Waals surface area contributed by atoms with Crippen molar-refractivity contribution in [2.24, 2.45) is 5.10 Å². The van der Waals surface area contributed by atoms with E-state index in [-0.39, 0.29) is 17.1 Å². The van der Waals surface area contributed by atoms with Gasteiger partial charge in [0.15, 0.2) is 0 Å². The van der Waals surface area contributed by atoms with Crippen molar-refractivity contribution in [3.05, 3.63) is 68.3 Å². The van der Waals surface area contributed by atoms with Crippen LogP contribution in [0, 0.1) is 27.2 Å². The maximum atomic E-state index is 11.2. The molecule has 3 rings (SSSR count). The first kappa shape index (κ1) is 19.8. The lowest BCUT2D eigenvalue weighted by atomic mass is 9.98. The number of nitrogens with one attached hydrogen (secondary N) is 1. The predicted octanol–water partition coefficient (Wildman–Crippen LogP) is 5.31. The van der Waals surface area contributed by atoms with Crippen molar-refractivity contribution in [1.29, 1.82) is 0 Å². The van der Waals surface area contributed by atoms with Crippen molar-refractivity contribution in [3.8, 4) is 0 Å². The average molecular weight is 400 g/mol. The molecule has 28 heavy (non-hydrogen) atoms. The van der Waals surface area contributed by atoms with Crippen LogP contribution in [-0.4, -0.2) is 20.8 Å². The summed E-state index contributed by atoms with van der Waals surface area (Å²) < 4.78 is 0. The molecule has 9 heteroatoms. The number of hydrogen-bond acceptors (Lipinski definition) is 7. The smallest absolute Gasteiger partial charge is 0.272 e. The van der Waals surface area contributed by atoms with Crippen LogP contribution in [-0.2, 0) is 0 Å². The molecule has 0 radical (unpaired) electrons. The van der Waals surface area contributed by atoms with E-state index in [1.165, 1.54) is 22.6 Å².